The highest BCUT2D eigenvalue weighted by molar-refractivity contribution is 6.28. The molecule has 0 unspecified atom stereocenters. The molecule has 2 aliphatic rings. The Balaban J connectivity index is 1.90. The fourth-order valence-corrected chi connectivity index (χ4v) is 2.69. The lowest BCUT2D eigenvalue weighted by Crippen LogP contribution is -2.42. The Morgan fingerprint density at radius 1 is 1.16 bits per heavy atom. The molecule has 0 radical (unpaired) electrons. The van der Waals surface area contributed by atoms with E-state index in [1.165, 1.54) is 0 Å². The van der Waals surface area contributed by atoms with E-state index in [-0.39, 0.29) is 5.28 Å². The Kier molecular flexibility index (Phi) is 2.94. The van der Waals surface area contributed by atoms with Crippen molar-refractivity contribution in [3.63, 3.8) is 0 Å². The van der Waals surface area contributed by atoms with Crippen LogP contribution in [0.2, 0.25) is 5.28 Å². The van der Waals surface area contributed by atoms with E-state index in [2.05, 4.69) is 31.7 Å². The zero-order valence-corrected chi connectivity index (χ0v) is 11.4. The van der Waals surface area contributed by atoms with E-state index in [0.717, 1.165) is 25.7 Å². The molecule has 0 saturated heterocycles. The van der Waals surface area contributed by atoms with Gasteiger partial charge in [0.05, 0.1) is 6.07 Å². The van der Waals surface area contributed by atoms with Crippen molar-refractivity contribution in [3.8, 4) is 6.07 Å². The summed E-state index contributed by atoms with van der Waals surface area (Å²) in [7, 11) is 1.72. The minimum absolute atomic E-state index is 0.125. The van der Waals surface area contributed by atoms with Crippen LogP contribution in [0, 0.1) is 23.2 Å². The summed E-state index contributed by atoms with van der Waals surface area (Å²) in [6.45, 7) is 0. The van der Waals surface area contributed by atoms with E-state index >= 15 is 0 Å². The first-order valence-electron chi connectivity index (χ1n) is 6.46. The van der Waals surface area contributed by atoms with Crippen LogP contribution in [-0.4, -0.2) is 27.5 Å². The van der Waals surface area contributed by atoms with E-state index in [0.29, 0.717) is 23.7 Å². The van der Waals surface area contributed by atoms with Crippen molar-refractivity contribution in [3.05, 3.63) is 5.28 Å². The Morgan fingerprint density at radius 2 is 1.74 bits per heavy atom. The molecular weight excluding hydrogens is 264 g/mol. The minimum atomic E-state index is -0.532. The molecule has 0 aliphatic heterocycles. The maximum absolute atomic E-state index is 9.62. The molecule has 0 spiro atoms. The predicted molar refractivity (Wildman–Crippen MR) is 71.8 cm³/mol. The van der Waals surface area contributed by atoms with E-state index in [1.807, 2.05) is 0 Å². The number of aromatic nitrogens is 3. The molecule has 2 N–H and O–H groups in total. The van der Waals surface area contributed by atoms with Crippen LogP contribution in [0.25, 0.3) is 0 Å². The molecule has 6 nitrogen and oxygen atoms in total. The minimum Gasteiger partial charge on any atom is -0.357 e. The van der Waals surface area contributed by atoms with Crippen LogP contribution in [-0.2, 0) is 0 Å². The van der Waals surface area contributed by atoms with Gasteiger partial charge >= 0.3 is 0 Å². The van der Waals surface area contributed by atoms with E-state index in [4.69, 9.17) is 11.6 Å². The van der Waals surface area contributed by atoms with Crippen LogP contribution in [0.4, 0.5) is 11.9 Å². The first kappa shape index (κ1) is 12.4. The molecule has 2 saturated carbocycles. The van der Waals surface area contributed by atoms with Crippen molar-refractivity contribution in [2.75, 3.05) is 17.7 Å². The lowest BCUT2D eigenvalue weighted by atomic mass is 9.89. The largest absolute Gasteiger partial charge is 0.357 e. The average Bonchev–Trinajstić information content (AvgIpc) is 3.27. The molecule has 19 heavy (non-hydrogen) atoms. The van der Waals surface area contributed by atoms with Crippen molar-refractivity contribution in [1.82, 2.24) is 15.0 Å². The molecule has 2 fully saturated rings. The smallest absolute Gasteiger partial charge is 0.230 e. The third kappa shape index (κ3) is 2.30. The van der Waals surface area contributed by atoms with E-state index < -0.39 is 5.54 Å². The topological polar surface area (TPSA) is 86.5 Å². The summed E-state index contributed by atoms with van der Waals surface area (Å²) >= 11 is 5.87. The van der Waals surface area contributed by atoms with Crippen molar-refractivity contribution in [1.29, 1.82) is 5.26 Å². The van der Waals surface area contributed by atoms with Gasteiger partial charge in [-0.1, -0.05) is 0 Å². The summed E-state index contributed by atoms with van der Waals surface area (Å²) < 4.78 is 0. The van der Waals surface area contributed by atoms with Crippen LogP contribution in [0.3, 0.4) is 0 Å². The van der Waals surface area contributed by atoms with Crippen LogP contribution in [0.1, 0.15) is 25.7 Å². The van der Waals surface area contributed by atoms with Crippen molar-refractivity contribution >= 4 is 23.5 Å². The number of hydrogen-bond donors (Lipinski definition) is 2. The Hall–Kier alpha value is -1.61. The Bertz CT molecular complexity index is 520. The van der Waals surface area contributed by atoms with Gasteiger partial charge in [-0.2, -0.15) is 20.2 Å². The molecule has 2 aliphatic carbocycles. The van der Waals surface area contributed by atoms with Gasteiger partial charge in [0.2, 0.25) is 17.2 Å². The van der Waals surface area contributed by atoms with Gasteiger partial charge in [-0.3, -0.25) is 0 Å². The summed E-state index contributed by atoms with van der Waals surface area (Å²) in [5, 5.41) is 15.8. The van der Waals surface area contributed by atoms with Crippen LogP contribution < -0.4 is 10.6 Å². The van der Waals surface area contributed by atoms with Gasteiger partial charge in [-0.15, -0.1) is 0 Å². The summed E-state index contributed by atoms with van der Waals surface area (Å²) in [6, 6.07) is 2.47. The standard InChI is InChI=1S/C12H15ClN6/c1-15-10-16-9(13)17-11(18-10)19-12(6-14,7-2-3-7)8-4-5-8/h7-8H,2-5H2,1H3,(H2,15,16,17,18,19). The number of halogens is 1. The molecule has 3 rings (SSSR count). The molecule has 1 heterocycles. The second kappa shape index (κ2) is 4.49. The highest BCUT2D eigenvalue weighted by Gasteiger charge is 2.55. The molecule has 100 valence electrons. The van der Waals surface area contributed by atoms with Gasteiger partial charge in [0, 0.05) is 7.05 Å². The fraction of sp³-hybridized carbons (Fsp3) is 0.667. The third-order valence-corrected chi connectivity index (χ3v) is 3.95. The number of rotatable bonds is 5. The number of hydrogen-bond acceptors (Lipinski definition) is 6. The first-order valence-corrected chi connectivity index (χ1v) is 6.84. The van der Waals surface area contributed by atoms with Gasteiger partial charge in [0.1, 0.15) is 5.54 Å². The molecule has 0 bridgehead atoms. The molecule has 0 aromatic carbocycles. The maximum atomic E-state index is 9.62. The van der Waals surface area contributed by atoms with Crippen LogP contribution in [0.5, 0.6) is 0 Å². The average molecular weight is 279 g/mol. The SMILES string of the molecule is CNc1nc(Cl)nc(NC(C#N)(C2CC2)C2CC2)n1. The number of nitriles is 1. The summed E-state index contributed by atoms with van der Waals surface area (Å²) in [5.74, 6) is 1.59. The van der Waals surface area contributed by atoms with Gasteiger partial charge in [-0.05, 0) is 49.1 Å². The summed E-state index contributed by atoms with van der Waals surface area (Å²) in [5.41, 5.74) is -0.532. The van der Waals surface area contributed by atoms with Crippen molar-refractivity contribution in [2.45, 2.75) is 31.2 Å². The fourth-order valence-electron chi connectivity index (χ4n) is 2.53. The molecule has 7 heteroatoms. The zero-order valence-electron chi connectivity index (χ0n) is 10.6. The number of nitrogens with one attached hydrogen (secondary N) is 2. The van der Waals surface area contributed by atoms with Crippen molar-refractivity contribution in [2.24, 2.45) is 11.8 Å². The van der Waals surface area contributed by atoms with Gasteiger partial charge in [0.15, 0.2) is 0 Å². The van der Waals surface area contributed by atoms with E-state index in [9.17, 15) is 5.26 Å². The second-order valence-corrected chi connectivity index (χ2v) is 5.49. The number of nitrogens with zero attached hydrogens (tertiary/aromatic N) is 4. The highest BCUT2D eigenvalue weighted by atomic mass is 35.5. The number of anilines is 2. The Labute approximate surface area is 116 Å². The molecule has 1 aromatic heterocycles. The molecule has 0 atom stereocenters. The maximum Gasteiger partial charge on any atom is 0.230 e. The van der Waals surface area contributed by atoms with Crippen molar-refractivity contribution < 1.29 is 0 Å². The van der Waals surface area contributed by atoms with Gasteiger partial charge in [-0.25, -0.2) is 0 Å². The first-order chi connectivity index (χ1) is 9.18. The zero-order chi connectivity index (χ0) is 13.5. The summed E-state index contributed by atoms with van der Waals surface area (Å²) in [4.78, 5) is 12.2. The lowest BCUT2D eigenvalue weighted by Gasteiger charge is -2.27. The van der Waals surface area contributed by atoms with Gasteiger partial charge in [0.25, 0.3) is 0 Å². The molecule has 0 amide bonds. The normalized spacial score (nSPS) is 18.8. The highest BCUT2D eigenvalue weighted by Crippen LogP contribution is 2.53. The lowest BCUT2D eigenvalue weighted by molar-refractivity contribution is 0.452. The predicted octanol–water partition coefficient (Wildman–Crippen LogP) is 2.06. The van der Waals surface area contributed by atoms with Crippen LogP contribution in [0.15, 0.2) is 0 Å². The quantitative estimate of drug-likeness (QED) is 0.857. The monoisotopic (exact) mass is 278 g/mol. The second-order valence-electron chi connectivity index (χ2n) is 5.16. The third-order valence-electron chi connectivity index (χ3n) is 3.78. The molecular formula is C12H15ClN6. The molecule has 1 aromatic rings. The summed E-state index contributed by atoms with van der Waals surface area (Å²) in [6.07, 6.45) is 4.37. The van der Waals surface area contributed by atoms with Crippen LogP contribution >= 0.6 is 11.6 Å². The Morgan fingerprint density at radius 3 is 2.21 bits per heavy atom. The van der Waals surface area contributed by atoms with E-state index in [1.54, 1.807) is 7.05 Å². The van der Waals surface area contributed by atoms with Gasteiger partial charge < -0.3 is 10.6 Å².